The molecular formula is C25H21ClN4O3. The summed E-state index contributed by atoms with van der Waals surface area (Å²) in [5.41, 5.74) is 3.00. The molecule has 0 radical (unpaired) electrons. The molecule has 33 heavy (non-hydrogen) atoms. The molecule has 0 aliphatic carbocycles. The standard InChI is InChI=1S/C25H21ClN4O3/c1-33-20-6-4-5-18(13-20)24(31)28-19-11-9-17(10-12-19)14-30-15-23(27-16-30)25(32)29-22-8-3-2-7-21(22)26/h2-13,15-16H,14H2,1H3,(H,28,31)(H,29,32). The zero-order chi connectivity index (χ0) is 23.2. The first kappa shape index (κ1) is 22.1. The summed E-state index contributed by atoms with van der Waals surface area (Å²) in [5.74, 6) is 0.0705. The highest BCUT2D eigenvalue weighted by molar-refractivity contribution is 6.33. The smallest absolute Gasteiger partial charge is 0.275 e. The van der Waals surface area contributed by atoms with Crippen LogP contribution in [-0.4, -0.2) is 28.5 Å². The van der Waals surface area contributed by atoms with Crippen molar-refractivity contribution >= 4 is 34.8 Å². The maximum atomic E-state index is 12.5. The fourth-order valence-electron chi connectivity index (χ4n) is 3.18. The van der Waals surface area contributed by atoms with Crippen molar-refractivity contribution < 1.29 is 14.3 Å². The van der Waals surface area contributed by atoms with Gasteiger partial charge in [0.25, 0.3) is 11.8 Å². The molecule has 7 nitrogen and oxygen atoms in total. The van der Waals surface area contributed by atoms with Crippen LogP contribution in [0.4, 0.5) is 11.4 Å². The fraction of sp³-hybridized carbons (Fsp3) is 0.0800. The lowest BCUT2D eigenvalue weighted by atomic mass is 10.1. The summed E-state index contributed by atoms with van der Waals surface area (Å²) < 4.78 is 6.97. The van der Waals surface area contributed by atoms with Crippen molar-refractivity contribution in [3.05, 3.63) is 107 Å². The number of para-hydroxylation sites is 1. The van der Waals surface area contributed by atoms with Crippen LogP contribution in [0.15, 0.2) is 85.3 Å². The summed E-state index contributed by atoms with van der Waals surface area (Å²) in [6, 6.07) is 21.5. The zero-order valence-electron chi connectivity index (χ0n) is 17.8. The number of rotatable bonds is 7. The highest BCUT2D eigenvalue weighted by atomic mass is 35.5. The number of ether oxygens (including phenoxy) is 1. The number of halogens is 1. The van der Waals surface area contributed by atoms with Gasteiger partial charge in [0.1, 0.15) is 11.4 Å². The normalized spacial score (nSPS) is 10.5. The molecule has 0 saturated carbocycles. The maximum absolute atomic E-state index is 12.5. The minimum absolute atomic E-state index is 0.217. The van der Waals surface area contributed by atoms with E-state index in [1.807, 2.05) is 28.8 Å². The Morgan fingerprint density at radius 3 is 2.52 bits per heavy atom. The molecule has 8 heteroatoms. The third-order valence-corrected chi connectivity index (χ3v) is 5.23. The molecule has 0 fully saturated rings. The van der Waals surface area contributed by atoms with E-state index in [1.54, 1.807) is 68.2 Å². The molecule has 0 spiro atoms. The second-order valence-electron chi connectivity index (χ2n) is 7.25. The van der Waals surface area contributed by atoms with Crippen LogP contribution in [0.3, 0.4) is 0 Å². The Bertz CT molecular complexity index is 1280. The van der Waals surface area contributed by atoms with Crippen molar-refractivity contribution in [3.63, 3.8) is 0 Å². The van der Waals surface area contributed by atoms with Gasteiger partial charge >= 0.3 is 0 Å². The Morgan fingerprint density at radius 2 is 1.76 bits per heavy atom. The fourth-order valence-corrected chi connectivity index (χ4v) is 3.37. The number of carbonyl (C=O) groups excluding carboxylic acids is 2. The van der Waals surface area contributed by atoms with Crippen LogP contribution in [0.2, 0.25) is 5.02 Å². The van der Waals surface area contributed by atoms with E-state index in [9.17, 15) is 9.59 Å². The largest absolute Gasteiger partial charge is 0.497 e. The molecule has 0 aliphatic rings. The molecule has 4 rings (SSSR count). The minimum Gasteiger partial charge on any atom is -0.497 e. The number of aromatic nitrogens is 2. The van der Waals surface area contributed by atoms with Gasteiger partial charge in [0.15, 0.2) is 0 Å². The number of methoxy groups -OCH3 is 1. The number of benzene rings is 3. The molecule has 0 aliphatic heterocycles. The number of imidazole rings is 1. The van der Waals surface area contributed by atoms with Crippen LogP contribution < -0.4 is 15.4 Å². The van der Waals surface area contributed by atoms with Crippen molar-refractivity contribution in [2.24, 2.45) is 0 Å². The van der Waals surface area contributed by atoms with Gasteiger partial charge in [-0.2, -0.15) is 0 Å². The number of anilines is 2. The number of nitrogens with zero attached hydrogens (tertiary/aromatic N) is 2. The van der Waals surface area contributed by atoms with Gasteiger partial charge in [0.2, 0.25) is 0 Å². The predicted octanol–water partition coefficient (Wildman–Crippen LogP) is 5.10. The molecule has 166 valence electrons. The minimum atomic E-state index is -0.336. The second-order valence-corrected chi connectivity index (χ2v) is 7.66. The number of hydrogen-bond donors (Lipinski definition) is 2. The first-order valence-electron chi connectivity index (χ1n) is 10.1. The van der Waals surface area contributed by atoms with E-state index in [0.717, 1.165) is 5.56 Å². The van der Waals surface area contributed by atoms with Gasteiger partial charge in [-0.1, -0.05) is 41.9 Å². The predicted molar refractivity (Wildman–Crippen MR) is 128 cm³/mol. The van der Waals surface area contributed by atoms with E-state index in [1.165, 1.54) is 0 Å². The molecule has 3 aromatic carbocycles. The third kappa shape index (κ3) is 5.58. The van der Waals surface area contributed by atoms with Crippen molar-refractivity contribution in [3.8, 4) is 5.75 Å². The molecule has 4 aromatic rings. The Kier molecular flexibility index (Phi) is 6.71. The van der Waals surface area contributed by atoms with Crippen LogP contribution in [0.25, 0.3) is 0 Å². The van der Waals surface area contributed by atoms with Gasteiger partial charge in [-0.3, -0.25) is 9.59 Å². The summed E-state index contributed by atoms with van der Waals surface area (Å²) >= 11 is 6.09. The van der Waals surface area contributed by atoms with Gasteiger partial charge in [-0.05, 0) is 48.0 Å². The quantitative estimate of drug-likeness (QED) is 0.402. The van der Waals surface area contributed by atoms with Gasteiger partial charge < -0.3 is 19.9 Å². The monoisotopic (exact) mass is 460 g/mol. The Labute approximate surface area is 196 Å². The molecular weight excluding hydrogens is 440 g/mol. The lowest BCUT2D eigenvalue weighted by molar-refractivity contribution is 0.101. The van der Waals surface area contributed by atoms with Crippen molar-refractivity contribution in [1.29, 1.82) is 0 Å². The highest BCUT2D eigenvalue weighted by Gasteiger charge is 2.12. The summed E-state index contributed by atoms with van der Waals surface area (Å²) in [7, 11) is 1.56. The molecule has 0 bridgehead atoms. The number of nitrogens with one attached hydrogen (secondary N) is 2. The number of hydrogen-bond acceptors (Lipinski definition) is 4. The first-order valence-corrected chi connectivity index (χ1v) is 10.5. The molecule has 1 heterocycles. The average molecular weight is 461 g/mol. The van der Waals surface area contributed by atoms with Crippen LogP contribution in [-0.2, 0) is 6.54 Å². The lowest BCUT2D eigenvalue weighted by Crippen LogP contribution is -2.12. The van der Waals surface area contributed by atoms with Gasteiger partial charge in [-0.25, -0.2) is 4.98 Å². The Balaban J connectivity index is 1.36. The van der Waals surface area contributed by atoms with Crippen molar-refractivity contribution in [1.82, 2.24) is 9.55 Å². The van der Waals surface area contributed by atoms with Crippen LogP contribution in [0.1, 0.15) is 26.4 Å². The van der Waals surface area contributed by atoms with Gasteiger partial charge in [0.05, 0.1) is 24.1 Å². The van der Waals surface area contributed by atoms with E-state index in [2.05, 4.69) is 15.6 Å². The summed E-state index contributed by atoms with van der Waals surface area (Å²) in [4.78, 5) is 29.1. The number of amides is 2. The molecule has 1 aromatic heterocycles. The molecule has 0 atom stereocenters. The maximum Gasteiger partial charge on any atom is 0.275 e. The van der Waals surface area contributed by atoms with Crippen LogP contribution in [0.5, 0.6) is 5.75 Å². The SMILES string of the molecule is COc1cccc(C(=O)Nc2ccc(Cn3cnc(C(=O)Nc4ccccc4Cl)c3)cc2)c1. The van der Waals surface area contributed by atoms with Crippen LogP contribution in [0, 0.1) is 0 Å². The molecule has 2 N–H and O–H groups in total. The lowest BCUT2D eigenvalue weighted by Gasteiger charge is -2.08. The Hall–Kier alpha value is -4.10. The zero-order valence-corrected chi connectivity index (χ0v) is 18.5. The van der Waals surface area contributed by atoms with Crippen molar-refractivity contribution in [2.75, 3.05) is 17.7 Å². The van der Waals surface area contributed by atoms with Gasteiger partial charge in [-0.15, -0.1) is 0 Å². The van der Waals surface area contributed by atoms with E-state index < -0.39 is 0 Å². The molecule has 0 unspecified atom stereocenters. The first-order chi connectivity index (χ1) is 16.0. The third-order valence-electron chi connectivity index (χ3n) is 4.90. The van der Waals surface area contributed by atoms with E-state index >= 15 is 0 Å². The van der Waals surface area contributed by atoms with Crippen molar-refractivity contribution in [2.45, 2.75) is 6.54 Å². The molecule has 2 amide bonds. The van der Waals surface area contributed by atoms with Gasteiger partial charge in [0, 0.05) is 24.0 Å². The Morgan fingerprint density at radius 1 is 0.970 bits per heavy atom. The van der Waals surface area contributed by atoms with E-state index in [-0.39, 0.29) is 17.5 Å². The summed E-state index contributed by atoms with van der Waals surface area (Å²) in [5, 5.41) is 6.09. The topological polar surface area (TPSA) is 85.2 Å². The van der Waals surface area contributed by atoms with Crippen LogP contribution >= 0.6 is 11.6 Å². The number of carbonyl (C=O) groups is 2. The highest BCUT2D eigenvalue weighted by Crippen LogP contribution is 2.21. The summed E-state index contributed by atoms with van der Waals surface area (Å²) in [6.07, 6.45) is 3.27. The summed E-state index contributed by atoms with van der Waals surface area (Å²) in [6.45, 7) is 0.524. The van der Waals surface area contributed by atoms with E-state index in [4.69, 9.17) is 16.3 Å². The van der Waals surface area contributed by atoms with E-state index in [0.29, 0.717) is 34.3 Å². The second kappa shape index (κ2) is 10.0. The average Bonchev–Trinajstić information content (AvgIpc) is 3.30. The molecule has 0 saturated heterocycles.